The van der Waals surface area contributed by atoms with Gasteiger partial charge < -0.3 is 14.8 Å². The van der Waals surface area contributed by atoms with Crippen LogP contribution in [0.1, 0.15) is 5.01 Å². The van der Waals surface area contributed by atoms with Gasteiger partial charge in [-0.15, -0.1) is 11.3 Å². The van der Waals surface area contributed by atoms with Crippen molar-refractivity contribution in [2.45, 2.75) is 4.90 Å². The molecule has 0 saturated carbocycles. The average molecular weight is 426 g/mol. The summed E-state index contributed by atoms with van der Waals surface area (Å²) in [5.74, 6) is 1.36. The molecule has 0 radical (unpaired) electrons. The van der Waals surface area contributed by atoms with Gasteiger partial charge in [-0.25, -0.2) is 18.5 Å². The van der Waals surface area contributed by atoms with Crippen LogP contribution in [0, 0.1) is 11.3 Å². The zero-order valence-electron chi connectivity index (χ0n) is 14.8. The third kappa shape index (κ3) is 4.07. The van der Waals surface area contributed by atoms with Crippen molar-refractivity contribution >= 4 is 32.6 Å². The predicted molar refractivity (Wildman–Crippen MR) is 109 cm³/mol. The lowest BCUT2D eigenvalue weighted by atomic mass is 10.1. The molecular formula is C19H14N4O4S2. The molecule has 0 atom stereocenters. The molecule has 4 rings (SSSR count). The van der Waals surface area contributed by atoms with Gasteiger partial charge in [-0.3, -0.25) is 0 Å². The number of rotatable bonds is 5. The van der Waals surface area contributed by atoms with Crippen LogP contribution in [0.3, 0.4) is 0 Å². The molecular weight excluding hydrogens is 412 g/mol. The Kier molecular flexibility index (Phi) is 4.94. The van der Waals surface area contributed by atoms with E-state index in [1.165, 1.54) is 29.7 Å². The summed E-state index contributed by atoms with van der Waals surface area (Å²) in [6.07, 6.45) is 1.52. The van der Waals surface area contributed by atoms with Crippen molar-refractivity contribution in [1.29, 1.82) is 5.26 Å². The molecule has 0 spiro atoms. The highest BCUT2D eigenvalue weighted by Crippen LogP contribution is 2.36. The molecule has 10 heteroatoms. The lowest BCUT2D eigenvalue weighted by Crippen LogP contribution is -2.11. The Labute approximate surface area is 170 Å². The normalized spacial score (nSPS) is 13.2. The number of nitrogens with one attached hydrogen (secondary N) is 1. The van der Waals surface area contributed by atoms with Crippen molar-refractivity contribution < 1.29 is 17.9 Å². The summed E-state index contributed by atoms with van der Waals surface area (Å²) in [7, 11) is -3.75. The second-order valence-corrected chi connectivity index (χ2v) is 8.41. The van der Waals surface area contributed by atoms with Crippen LogP contribution in [0.5, 0.6) is 11.5 Å². The van der Waals surface area contributed by atoms with Crippen LogP contribution in [-0.2, 0) is 10.0 Å². The number of sulfonamides is 1. The zero-order valence-corrected chi connectivity index (χ0v) is 16.5. The third-order valence-electron chi connectivity index (χ3n) is 4.09. The molecule has 2 aromatic carbocycles. The summed E-state index contributed by atoms with van der Waals surface area (Å²) in [4.78, 5) is 4.55. The standard InChI is InChI=1S/C19H14N4O4S2/c20-8-13(9-22-14-2-4-15(5-3-14)29(21,24)25)19-23-16(10-28-19)12-1-6-17-18(7-12)27-11-26-17/h1-7,9-10,22H,11H2,(H2,21,24,25). The van der Waals surface area contributed by atoms with Crippen molar-refractivity contribution in [3.8, 4) is 28.8 Å². The Morgan fingerprint density at radius 1 is 1.21 bits per heavy atom. The maximum absolute atomic E-state index is 11.3. The largest absolute Gasteiger partial charge is 0.454 e. The average Bonchev–Trinajstić information content (AvgIpc) is 3.37. The van der Waals surface area contributed by atoms with E-state index >= 15 is 0 Å². The molecule has 0 unspecified atom stereocenters. The lowest BCUT2D eigenvalue weighted by molar-refractivity contribution is 0.174. The van der Waals surface area contributed by atoms with E-state index in [0.29, 0.717) is 27.8 Å². The number of aromatic nitrogens is 1. The molecule has 0 fully saturated rings. The van der Waals surface area contributed by atoms with E-state index in [4.69, 9.17) is 14.6 Å². The van der Waals surface area contributed by atoms with Gasteiger partial charge in [0.05, 0.1) is 10.6 Å². The summed E-state index contributed by atoms with van der Waals surface area (Å²) in [5.41, 5.74) is 2.54. The van der Waals surface area contributed by atoms with E-state index in [1.807, 2.05) is 23.6 Å². The minimum Gasteiger partial charge on any atom is -0.454 e. The Bertz CT molecular complexity index is 1240. The molecule has 0 aliphatic carbocycles. The monoisotopic (exact) mass is 426 g/mol. The lowest BCUT2D eigenvalue weighted by Gasteiger charge is -2.03. The smallest absolute Gasteiger partial charge is 0.238 e. The number of primary sulfonamides is 1. The minimum absolute atomic E-state index is 0.0147. The van der Waals surface area contributed by atoms with Crippen LogP contribution in [0.2, 0.25) is 0 Å². The molecule has 146 valence electrons. The highest BCUT2D eigenvalue weighted by molar-refractivity contribution is 7.89. The van der Waals surface area contributed by atoms with Gasteiger partial charge in [-0.05, 0) is 42.5 Å². The van der Waals surface area contributed by atoms with Crippen molar-refractivity contribution in [2.75, 3.05) is 12.1 Å². The number of anilines is 1. The fraction of sp³-hybridized carbons (Fsp3) is 0.0526. The first kappa shape index (κ1) is 18.9. The number of nitriles is 1. The van der Waals surface area contributed by atoms with E-state index in [1.54, 1.807) is 12.1 Å². The molecule has 29 heavy (non-hydrogen) atoms. The van der Waals surface area contributed by atoms with E-state index in [-0.39, 0.29) is 11.7 Å². The molecule has 3 aromatic rings. The van der Waals surface area contributed by atoms with Gasteiger partial charge in [0, 0.05) is 22.8 Å². The first-order chi connectivity index (χ1) is 13.9. The highest BCUT2D eigenvalue weighted by Gasteiger charge is 2.16. The second-order valence-electron chi connectivity index (χ2n) is 5.99. The maximum Gasteiger partial charge on any atom is 0.238 e. The first-order valence-corrected chi connectivity index (χ1v) is 10.7. The van der Waals surface area contributed by atoms with Gasteiger partial charge in [0.1, 0.15) is 16.6 Å². The van der Waals surface area contributed by atoms with Crippen molar-refractivity contribution in [3.63, 3.8) is 0 Å². The predicted octanol–water partition coefficient (Wildman–Crippen LogP) is 3.16. The number of ether oxygens (including phenoxy) is 2. The van der Waals surface area contributed by atoms with E-state index in [9.17, 15) is 13.7 Å². The van der Waals surface area contributed by atoms with Gasteiger partial charge in [-0.2, -0.15) is 5.26 Å². The minimum atomic E-state index is -3.75. The van der Waals surface area contributed by atoms with Crippen LogP contribution >= 0.6 is 11.3 Å². The number of nitrogens with zero attached hydrogens (tertiary/aromatic N) is 2. The van der Waals surface area contributed by atoms with Crippen molar-refractivity contribution in [1.82, 2.24) is 4.98 Å². The van der Waals surface area contributed by atoms with E-state index < -0.39 is 10.0 Å². The number of hydrogen-bond donors (Lipinski definition) is 2. The summed E-state index contributed by atoms with van der Waals surface area (Å²) >= 11 is 1.34. The van der Waals surface area contributed by atoms with Crippen LogP contribution in [-0.4, -0.2) is 20.2 Å². The molecule has 2 heterocycles. The number of fused-ring (bicyclic) bond motifs is 1. The Morgan fingerprint density at radius 2 is 1.97 bits per heavy atom. The number of nitrogens with two attached hydrogens (primary N) is 1. The molecule has 0 amide bonds. The van der Waals surface area contributed by atoms with Gasteiger partial charge in [0.15, 0.2) is 11.5 Å². The summed E-state index contributed by atoms with van der Waals surface area (Å²) in [6, 6.07) is 13.6. The zero-order chi connectivity index (χ0) is 20.4. The molecule has 3 N–H and O–H groups in total. The van der Waals surface area contributed by atoms with Crippen LogP contribution in [0.25, 0.3) is 16.8 Å². The Balaban J connectivity index is 1.53. The number of benzene rings is 2. The van der Waals surface area contributed by atoms with Gasteiger partial charge in [0.25, 0.3) is 0 Å². The first-order valence-electron chi connectivity index (χ1n) is 8.29. The number of hydrogen-bond acceptors (Lipinski definition) is 8. The van der Waals surface area contributed by atoms with Gasteiger partial charge in [0.2, 0.25) is 16.8 Å². The quantitative estimate of drug-likeness (QED) is 0.600. The Morgan fingerprint density at radius 3 is 2.69 bits per heavy atom. The Hall–Kier alpha value is -3.39. The van der Waals surface area contributed by atoms with E-state index in [0.717, 1.165) is 11.3 Å². The second kappa shape index (κ2) is 7.56. The SMILES string of the molecule is N#CC(=CNc1ccc(S(N)(=O)=O)cc1)c1nc(-c2ccc3c(c2)OCO3)cs1. The number of allylic oxidation sites excluding steroid dienone is 1. The summed E-state index contributed by atoms with van der Waals surface area (Å²) in [5, 5.41) is 19.9. The van der Waals surface area contributed by atoms with Gasteiger partial charge in [-0.1, -0.05) is 0 Å². The molecule has 1 aliphatic rings. The molecule has 1 aliphatic heterocycles. The number of thiazole rings is 1. The van der Waals surface area contributed by atoms with Crippen LogP contribution in [0.15, 0.2) is 58.9 Å². The van der Waals surface area contributed by atoms with Crippen molar-refractivity contribution in [2.24, 2.45) is 5.14 Å². The fourth-order valence-electron chi connectivity index (χ4n) is 2.62. The maximum atomic E-state index is 11.3. The van der Waals surface area contributed by atoms with Gasteiger partial charge >= 0.3 is 0 Å². The van der Waals surface area contributed by atoms with Crippen LogP contribution < -0.4 is 19.9 Å². The summed E-state index contributed by atoms with van der Waals surface area (Å²) < 4.78 is 33.3. The molecule has 0 saturated heterocycles. The highest BCUT2D eigenvalue weighted by atomic mass is 32.2. The molecule has 8 nitrogen and oxygen atoms in total. The van der Waals surface area contributed by atoms with Crippen molar-refractivity contribution in [3.05, 3.63) is 59.1 Å². The fourth-order valence-corrected chi connectivity index (χ4v) is 3.93. The molecule has 1 aromatic heterocycles. The topological polar surface area (TPSA) is 127 Å². The third-order valence-corrected chi connectivity index (χ3v) is 5.89. The van der Waals surface area contributed by atoms with Crippen LogP contribution in [0.4, 0.5) is 5.69 Å². The summed E-state index contributed by atoms with van der Waals surface area (Å²) in [6.45, 7) is 0.201. The van der Waals surface area contributed by atoms with E-state index in [2.05, 4.69) is 16.4 Å². The molecule has 0 bridgehead atoms.